The molecule has 1 heterocycles. The lowest BCUT2D eigenvalue weighted by atomic mass is 9.89. The van der Waals surface area contributed by atoms with E-state index in [-0.39, 0.29) is 23.4 Å². The highest BCUT2D eigenvalue weighted by Gasteiger charge is 2.34. The van der Waals surface area contributed by atoms with Crippen LogP contribution in [0.3, 0.4) is 0 Å². The Kier molecular flexibility index (Phi) is 4.62. The number of nitrogens with one attached hydrogen (secondary N) is 1. The monoisotopic (exact) mass is 254 g/mol. The Bertz CT molecular complexity index is 288. The van der Waals surface area contributed by atoms with Crippen LogP contribution in [0.1, 0.15) is 51.9 Å². The minimum absolute atomic E-state index is 0.00664. The molecule has 1 aliphatic heterocycles. The SMILES string of the molecule is CC1(NC(=O)C2CCCCCC2N)CCOCC1. The largest absolute Gasteiger partial charge is 0.381 e. The first kappa shape index (κ1) is 13.8. The van der Waals surface area contributed by atoms with Gasteiger partial charge < -0.3 is 15.8 Å². The Morgan fingerprint density at radius 2 is 1.89 bits per heavy atom. The lowest BCUT2D eigenvalue weighted by molar-refractivity contribution is -0.128. The van der Waals surface area contributed by atoms with E-state index in [2.05, 4.69) is 12.2 Å². The summed E-state index contributed by atoms with van der Waals surface area (Å²) in [5, 5.41) is 3.22. The predicted octanol–water partition coefficient (Wildman–Crippen LogP) is 1.58. The van der Waals surface area contributed by atoms with Crippen LogP contribution in [0.2, 0.25) is 0 Å². The molecule has 1 saturated carbocycles. The molecule has 2 rings (SSSR count). The summed E-state index contributed by atoms with van der Waals surface area (Å²) in [5.74, 6) is 0.168. The van der Waals surface area contributed by atoms with Crippen molar-refractivity contribution in [3.63, 3.8) is 0 Å². The maximum Gasteiger partial charge on any atom is 0.225 e. The van der Waals surface area contributed by atoms with Crippen LogP contribution in [0, 0.1) is 5.92 Å². The molecular weight excluding hydrogens is 228 g/mol. The Morgan fingerprint density at radius 1 is 1.22 bits per heavy atom. The first-order valence-corrected chi connectivity index (χ1v) is 7.26. The molecule has 3 N–H and O–H groups in total. The third kappa shape index (κ3) is 3.45. The number of amides is 1. The minimum Gasteiger partial charge on any atom is -0.381 e. The van der Waals surface area contributed by atoms with Crippen LogP contribution in [-0.4, -0.2) is 30.7 Å². The average Bonchev–Trinajstić information content (AvgIpc) is 2.54. The summed E-state index contributed by atoms with van der Waals surface area (Å²) in [6.45, 7) is 3.61. The van der Waals surface area contributed by atoms with E-state index in [0.717, 1.165) is 51.7 Å². The summed E-state index contributed by atoms with van der Waals surface area (Å²) in [6.07, 6.45) is 7.24. The van der Waals surface area contributed by atoms with Crippen LogP contribution >= 0.6 is 0 Å². The van der Waals surface area contributed by atoms with Crippen LogP contribution in [0.15, 0.2) is 0 Å². The molecule has 0 radical (unpaired) electrons. The van der Waals surface area contributed by atoms with Crippen molar-refractivity contribution in [2.45, 2.75) is 63.5 Å². The van der Waals surface area contributed by atoms with Gasteiger partial charge in [-0.05, 0) is 32.6 Å². The Balaban J connectivity index is 1.93. The minimum atomic E-state index is -0.0959. The molecule has 4 nitrogen and oxygen atoms in total. The Hall–Kier alpha value is -0.610. The molecule has 0 aromatic rings. The molecule has 1 aliphatic carbocycles. The first-order valence-electron chi connectivity index (χ1n) is 7.26. The summed E-state index contributed by atoms with van der Waals surface area (Å²) in [5.41, 5.74) is 6.05. The van der Waals surface area contributed by atoms with E-state index in [1.165, 1.54) is 6.42 Å². The van der Waals surface area contributed by atoms with Gasteiger partial charge in [0.05, 0.1) is 5.92 Å². The number of nitrogens with two attached hydrogens (primary N) is 1. The van der Waals surface area contributed by atoms with Crippen molar-refractivity contribution >= 4 is 5.91 Å². The summed E-state index contributed by atoms with van der Waals surface area (Å²) >= 11 is 0. The third-order valence-corrected chi connectivity index (χ3v) is 4.43. The van der Waals surface area contributed by atoms with E-state index in [0.29, 0.717) is 0 Å². The highest BCUT2D eigenvalue weighted by Crippen LogP contribution is 2.25. The predicted molar refractivity (Wildman–Crippen MR) is 71.2 cm³/mol. The van der Waals surface area contributed by atoms with E-state index in [9.17, 15) is 4.79 Å². The van der Waals surface area contributed by atoms with Crippen LogP contribution in [0.5, 0.6) is 0 Å². The van der Waals surface area contributed by atoms with Gasteiger partial charge in [-0.15, -0.1) is 0 Å². The van der Waals surface area contributed by atoms with E-state index >= 15 is 0 Å². The zero-order valence-electron chi connectivity index (χ0n) is 11.4. The molecule has 2 fully saturated rings. The lowest BCUT2D eigenvalue weighted by Gasteiger charge is -2.36. The van der Waals surface area contributed by atoms with Crippen LogP contribution in [0.25, 0.3) is 0 Å². The van der Waals surface area contributed by atoms with Crippen LogP contribution in [0.4, 0.5) is 0 Å². The van der Waals surface area contributed by atoms with Crippen molar-refractivity contribution in [3.05, 3.63) is 0 Å². The molecule has 0 spiro atoms. The van der Waals surface area contributed by atoms with Crippen molar-refractivity contribution in [1.82, 2.24) is 5.32 Å². The molecule has 1 amide bonds. The van der Waals surface area contributed by atoms with Crippen molar-refractivity contribution in [3.8, 4) is 0 Å². The molecule has 1 saturated heterocycles. The maximum atomic E-state index is 12.4. The molecule has 4 heteroatoms. The normalized spacial score (nSPS) is 32.6. The zero-order chi connectivity index (χ0) is 13.0. The van der Waals surface area contributed by atoms with Gasteiger partial charge in [-0.1, -0.05) is 19.3 Å². The molecule has 2 aliphatic rings. The zero-order valence-corrected chi connectivity index (χ0v) is 11.4. The van der Waals surface area contributed by atoms with Crippen molar-refractivity contribution in [2.75, 3.05) is 13.2 Å². The van der Waals surface area contributed by atoms with Crippen molar-refractivity contribution in [2.24, 2.45) is 11.7 Å². The second-order valence-electron chi connectivity index (χ2n) is 6.07. The van der Waals surface area contributed by atoms with E-state index in [4.69, 9.17) is 10.5 Å². The third-order valence-electron chi connectivity index (χ3n) is 4.43. The van der Waals surface area contributed by atoms with E-state index in [1.807, 2.05) is 0 Å². The van der Waals surface area contributed by atoms with Crippen LogP contribution < -0.4 is 11.1 Å². The summed E-state index contributed by atoms with van der Waals surface area (Å²) in [6, 6.07) is 0.0379. The van der Waals surface area contributed by atoms with Gasteiger partial charge in [0.2, 0.25) is 5.91 Å². The van der Waals surface area contributed by atoms with Crippen LogP contribution in [-0.2, 0) is 9.53 Å². The number of carbonyl (C=O) groups is 1. The summed E-state index contributed by atoms with van der Waals surface area (Å²) < 4.78 is 5.36. The van der Waals surface area contributed by atoms with Gasteiger partial charge in [0.15, 0.2) is 0 Å². The number of rotatable bonds is 2. The smallest absolute Gasteiger partial charge is 0.225 e. The van der Waals surface area contributed by atoms with Gasteiger partial charge in [-0.25, -0.2) is 0 Å². The number of ether oxygens (including phenoxy) is 1. The highest BCUT2D eigenvalue weighted by atomic mass is 16.5. The molecule has 0 aromatic heterocycles. The van der Waals surface area contributed by atoms with E-state index < -0.39 is 0 Å². The standard InChI is InChI=1S/C14H26N2O2/c1-14(7-9-18-10-8-14)16-13(17)11-5-3-2-4-6-12(11)15/h11-12H,2-10,15H2,1H3,(H,16,17). The van der Waals surface area contributed by atoms with Gasteiger partial charge >= 0.3 is 0 Å². The number of hydrogen-bond acceptors (Lipinski definition) is 3. The molecular formula is C14H26N2O2. The topological polar surface area (TPSA) is 64.4 Å². The molecule has 18 heavy (non-hydrogen) atoms. The number of hydrogen-bond donors (Lipinski definition) is 2. The second-order valence-corrected chi connectivity index (χ2v) is 6.07. The van der Waals surface area contributed by atoms with Gasteiger partial charge in [-0.2, -0.15) is 0 Å². The molecule has 104 valence electrons. The average molecular weight is 254 g/mol. The molecule has 0 bridgehead atoms. The highest BCUT2D eigenvalue weighted by molar-refractivity contribution is 5.80. The summed E-state index contributed by atoms with van der Waals surface area (Å²) in [7, 11) is 0. The lowest BCUT2D eigenvalue weighted by Crippen LogP contribution is -2.53. The Morgan fingerprint density at radius 3 is 2.61 bits per heavy atom. The fraction of sp³-hybridized carbons (Fsp3) is 0.929. The molecule has 0 aromatic carbocycles. The quantitative estimate of drug-likeness (QED) is 0.735. The van der Waals surface area contributed by atoms with Gasteiger partial charge in [-0.3, -0.25) is 4.79 Å². The van der Waals surface area contributed by atoms with Gasteiger partial charge in [0, 0.05) is 24.8 Å². The van der Waals surface area contributed by atoms with Gasteiger partial charge in [0.25, 0.3) is 0 Å². The molecule has 2 unspecified atom stereocenters. The van der Waals surface area contributed by atoms with Crippen molar-refractivity contribution in [1.29, 1.82) is 0 Å². The first-order chi connectivity index (χ1) is 8.61. The number of carbonyl (C=O) groups excluding carboxylic acids is 1. The second kappa shape index (κ2) is 6.02. The molecule has 2 atom stereocenters. The fourth-order valence-electron chi connectivity index (χ4n) is 3.00. The maximum absolute atomic E-state index is 12.4. The summed E-state index contributed by atoms with van der Waals surface area (Å²) in [4.78, 5) is 12.4. The fourth-order valence-corrected chi connectivity index (χ4v) is 3.00. The van der Waals surface area contributed by atoms with E-state index in [1.54, 1.807) is 0 Å². The van der Waals surface area contributed by atoms with Gasteiger partial charge in [0.1, 0.15) is 0 Å². The Labute approximate surface area is 110 Å². The van der Waals surface area contributed by atoms with Crippen molar-refractivity contribution < 1.29 is 9.53 Å².